The van der Waals surface area contributed by atoms with Crippen LogP contribution >= 0.6 is 11.3 Å². The van der Waals surface area contributed by atoms with Crippen LogP contribution in [0, 0.1) is 0 Å². The minimum atomic E-state index is -3.11. The number of nitrogens with zero attached hydrogens (tertiary/aromatic N) is 2. The quantitative estimate of drug-likeness (QED) is 0.866. The molecule has 1 aromatic heterocycles. The van der Waals surface area contributed by atoms with E-state index in [4.69, 9.17) is 0 Å². The number of hydrogen-bond donors (Lipinski definition) is 1. The average molecular weight is 317 g/mol. The Labute approximate surface area is 125 Å². The molecule has 1 aliphatic rings. The molecule has 1 saturated heterocycles. The zero-order chi connectivity index (χ0) is 14.6. The molecule has 1 aliphatic heterocycles. The molecular weight excluding hydrogens is 294 g/mol. The molecule has 114 valence electrons. The van der Waals surface area contributed by atoms with E-state index in [0.29, 0.717) is 6.54 Å². The molecule has 2 rings (SSSR count). The van der Waals surface area contributed by atoms with Crippen LogP contribution in [0.3, 0.4) is 0 Å². The first-order valence-electron chi connectivity index (χ1n) is 7.10. The van der Waals surface area contributed by atoms with Gasteiger partial charge in [0.25, 0.3) is 0 Å². The fraction of sp³-hybridized carbons (Fsp3) is 0.769. The molecule has 1 atom stereocenters. The van der Waals surface area contributed by atoms with Crippen molar-refractivity contribution in [2.75, 3.05) is 19.3 Å². The molecule has 0 amide bonds. The first kappa shape index (κ1) is 15.9. The number of aromatic nitrogens is 1. The molecule has 1 N–H and O–H groups in total. The normalized spacial score (nSPS) is 21.2. The summed E-state index contributed by atoms with van der Waals surface area (Å²) in [5, 5.41) is 3.29. The van der Waals surface area contributed by atoms with Crippen LogP contribution in [0.25, 0.3) is 0 Å². The van der Waals surface area contributed by atoms with E-state index in [1.165, 1.54) is 24.1 Å². The monoisotopic (exact) mass is 317 g/mol. The van der Waals surface area contributed by atoms with E-state index in [0.717, 1.165) is 31.6 Å². The molecule has 7 heteroatoms. The molecule has 0 bridgehead atoms. The summed E-state index contributed by atoms with van der Waals surface area (Å²) in [6.45, 7) is 4.47. The summed E-state index contributed by atoms with van der Waals surface area (Å²) in [5.41, 5.74) is 1.11. The van der Waals surface area contributed by atoms with Gasteiger partial charge >= 0.3 is 0 Å². The van der Waals surface area contributed by atoms with Crippen molar-refractivity contribution in [3.8, 4) is 0 Å². The zero-order valence-electron chi connectivity index (χ0n) is 12.1. The van der Waals surface area contributed by atoms with Gasteiger partial charge in [-0.25, -0.2) is 18.1 Å². The molecule has 0 aromatic carbocycles. The van der Waals surface area contributed by atoms with Crippen molar-refractivity contribution >= 4 is 21.4 Å². The van der Waals surface area contributed by atoms with Gasteiger partial charge in [-0.05, 0) is 25.8 Å². The Balaban J connectivity index is 1.95. The van der Waals surface area contributed by atoms with Crippen molar-refractivity contribution in [1.29, 1.82) is 0 Å². The number of rotatable bonds is 6. The van der Waals surface area contributed by atoms with Crippen LogP contribution in [-0.2, 0) is 23.0 Å². The molecule has 0 aliphatic carbocycles. The Bertz CT molecular complexity index is 527. The van der Waals surface area contributed by atoms with Crippen molar-refractivity contribution in [2.45, 2.75) is 45.2 Å². The van der Waals surface area contributed by atoms with Gasteiger partial charge in [-0.1, -0.05) is 13.3 Å². The maximum Gasteiger partial charge on any atom is 0.208 e. The standard InChI is InChI=1S/C13H23N3O2S2/c1-3-13-15-11(10-19-13)9-16-7-5-4-6-12(16)8-14-20(2,17)18/h10,12,14H,3-9H2,1-2H3. The molecule has 20 heavy (non-hydrogen) atoms. The van der Waals surface area contributed by atoms with Gasteiger partial charge in [0, 0.05) is 24.5 Å². The highest BCUT2D eigenvalue weighted by Crippen LogP contribution is 2.20. The SMILES string of the molecule is CCc1nc(CN2CCCCC2CNS(C)(=O)=O)cs1. The van der Waals surface area contributed by atoms with E-state index >= 15 is 0 Å². The minimum Gasteiger partial charge on any atom is -0.293 e. The molecule has 1 aromatic rings. The maximum atomic E-state index is 11.2. The molecule has 1 unspecified atom stereocenters. The summed E-state index contributed by atoms with van der Waals surface area (Å²) in [5.74, 6) is 0. The molecule has 5 nitrogen and oxygen atoms in total. The second-order valence-corrected chi connectivity index (χ2v) is 8.10. The zero-order valence-corrected chi connectivity index (χ0v) is 13.8. The lowest BCUT2D eigenvalue weighted by Gasteiger charge is -2.35. The van der Waals surface area contributed by atoms with Crippen molar-refractivity contribution < 1.29 is 8.42 Å². The third-order valence-electron chi connectivity index (χ3n) is 3.60. The smallest absolute Gasteiger partial charge is 0.208 e. The number of likely N-dealkylation sites (tertiary alicyclic amines) is 1. The second kappa shape index (κ2) is 6.98. The highest BCUT2D eigenvalue weighted by molar-refractivity contribution is 7.88. The number of piperidine rings is 1. The van der Waals surface area contributed by atoms with E-state index in [1.54, 1.807) is 11.3 Å². The predicted octanol–water partition coefficient (Wildman–Crippen LogP) is 1.61. The van der Waals surface area contributed by atoms with E-state index in [9.17, 15) is 8.42 Å². The van der Waals surface area contributed by atoms with Gasteiger partial charge in [-0.2, -0.15) is 0 Å². The van der Waals surface area contributed by atoms with Crippen LogP contribution in [0.4, 0.5) is 0 Å². The van der Waals surface area contributed by atoms with Crippen LogP contribution in [0.2, 0.25) is 0 Å². The number of nitrogens with one attached hydrogen (secondary N) is 1. The van der Waals surface area contributed by atoms with Gasteiger partial charge in [0.05, 0.1) is 17.0 Å². The highest BCUT2D eigenvalue weighted by atomic mass is 32.2. The van der Waals surface area contributed by atoms with Crippen molar-refractivity contribution in [3.05, 3.63) is 16.1 Å². The largest absolute Gasteiger partial charge is 0.293 e. The molecule has 1 fully saturated rings. The lowest BCUT2D eigenvalue weighted by molar-refractivity contribution is 0.140. The van der Waals surface area contributed by atoms with Gasteiger partial charge < -0.3 is 0 Å². The van der Waals surface area contributed by atoms with Crippen LogP contribution in [0.5, 0.6) is 0 Å². The lowest BCUT2D eigenvalue weighted by Crippen LogP contribution is -2.46. The average Bonchev–Trinajstić information content (AvgIpc) is 2.84. The fourth-order valence-corrected chi connectivity index (χ4v) is 3.77. The van der Waals surface area contributed by atoms with Gasteiger partial charge in [-0.3, -0.25) is 4.90 Å². The molecule has 2 heterocycles. The van der Waals surface area contributed by atoms with Crippen molar-refractivity contribution in [2.24, 2.45) is 0 Å². The minimum absolute atomic E-state index is 0.283. The molecule has 0 saturated carbocycles. The van der Waals surface area contributed by atoms with Crippen molar-refractivity contribution in [1.82, 2.24) is 14.6 Å². The van der Waals surface area contributed by atoms with Gasteiger partial charge in [-0.15, -0.1) is 11.3 Å². The third kappa shape index (κ3) is 4.80. The summed E-state index contributed by atoms with van der Waals surface area (Å²) < 4.78 is 25.1. The summed E-state index contributed by atoms with van der Waals surface area (Å²) in [6.07, 6.45) is 5.59. The summed E-state index contributed by atoms with van der Waals surface area (Å²) in [6, 6.07) is 0.283. The summed E-state index contributed by atoms with van der Waals surface area (Å²) in [7, 11) is -3.11. The number of aryl methyl sites for hydroxylation is 1. The summed E-state index contributed by atoms with van der Waals surface area (Å²) >= 11 is 1.71. The van der Waals surface area contributed by atoms with Gasteiger partial charge in [0.15, 0.2) is 0 Å². The molecule has 0 spiro atoms. The number of thiazole rings is 1. The van der Waals surface area contributed by atoms with E-state index < -0.39 is 10.0 Å². The molecular formula is C13H23N3O2S2. The Morgan fingerprint density at radius 3 is 2.95 bits per heavy atom. The van der Waals surface area contributed by atoms with E-state index in [1.807, 2.05) is 0 Å². The van der Waals surface area contributed by atoms with Crippen LogP contribution in [0.15, 0.2) is 5.38 Å². The second-order valence-electron chi connectivity index (χ2n) is 5.33. The first-order chi connectivity index (χ1) is 9.48. The van der Waals surface area contributed by atoms with Gasteiger partial charge in [0.1, 0.15) is 0 Å². The first-order valence-corrected chi connectivity index (χ1v) is 9.87. The summed E-state index contributed by atoms with van der Waals surface area (Å²) in [4.78, 5) is 6.96. The van der Waals surface area contributed by atoms with Crippen LogP contribution < -0.4 is 4.72 Å². The Morgan fingerprint density at radius 2 is 2.30 bits per heavy atom. The van der Waals surface area contributed by atoms with E-state index in [-0.39, 0.29) is 6.04 Å². The van der Waals surface area contributed by atoms with E-state index in [2.05, 4.69) is 26.9 Å². The lowest BCUT2D eigenvalue weighted by atomic mass is 10.0. The Kier molecular flexibility index (Phi) is 5.54. The predicted molar refractivity (Wildman–Crippen MR) is 82.4 cm³/mol. The highest BCUT2D eigenvalue weighted by Gasteiger charge is 2.23. The molecule has 0 radical (unpaired) electrons. The topological polar surface area (TPSA) is 62.3 Å². The van der Waals surface area contributed by atoms with Gasteiger partial charge in [0.2, 0.25) is 10.0 Å². The Hall–Kier alpha value is -0.500. The van der Waals surface area contributed by atoms with Crippen LogP contribution in [0.1, 0.15) is 36.9 Å². The Morgan fingerprint density at radius 1 is 1.50 bits per heavy atom. The van der Waals surface area contributed by atoms with Crippen LogP contribution in [-0.4, -0.2) is 43.7 Å². The third-order valence-corrected chi connectivity index (χ3v) is 5.33. The number of hydrogen-bond acceptors (Lipinski definition) is 5. The number of sulfonamides is 1. The maximum absolute atomic E-state index is 11.2. The van der Waals surface area contributed by atoms with Crippen molar-refractivity contribution in [3.63, 3.8) is 0 Å². The fourth-order valence-electron chi connectivity index (χ4n) is 2.54.